The molecule has 2 rings (SSSR count). The fraction of sp³-hybridized carbons (Fsp3) is 0. The maximum Gasteiger partial charge on any atom is 0.248 e. The van der Waals surface area contributed by atoms with Gasteiger partial charge in [-0.05, 0) is 35.4 Å². The Morgan fingerprint density at radius 1 is 1.19 bits per heavy atom. The van der Waals surface area contributed by atoms with Crippen LogP contribution < -0.4 is 5.73 Å². The summed E-state index contributed by atoms with van der Waals surface area (Å²) in [4.78, 5) is 11.0. The van der Waals surface area contributed by atoms with Gasteiger partial charge in [-0.2, -0.15) is 0 Å². The third-order valence-corrected chi connectivity index (χ3v) is 2.49. The summed E-state index contributed by atoms with van der Waals surface area (Å²) in [5.41, 5.74) is 7.58. The summed E-state index contributed by atoms with van der Waals surface area (Å²) in [5.74, 6) is -0.431. The molecule has 0 fully saturated rings. The zero-order valence-electron chi connectivity index (χ0n) is 8.41. The van der Waals surface area contributed by atoms with Crippen molar-refractivity contribution in [3.63, 3.8) is 0 Å². The van der Waals surface area contributed by atoms with Crippen LogP contribution in [0.1, 0.15) is 10.4 Å². The molecule has 2 nitrogen and oxygen atoms in total. The van der Waals surface area contributed by atoms with E-state index in [2.05, 4.69) is 6.07 Å². The Kier molecular flexibility index (Phi) is 2.93. The van der Waals surface area contributed by atoms with Crippen LogP contribution in [-0.2, 0) is 0 Å². The molecule has 1 radical (unpaired) electrons. The molecule has 0 saturated heterocycles. The molecular formula is C13H9ClNO. The highest BCUT2D eigenvalue weighted by Crippen LogP contribution is 2.21. The average Bonchev–Trinajstić information content (AvgIpc) is 2.30. The minimum absolute atomic E-state index is 0.431. The Hall–Kier alpha value is -1.80. The van der Waals surface area contributed by atoms with Crippen LogP contribution in [-0.4, -0.2) is 5.91 Å². The van der Waals surface area contributed by atoms with Crippen molar-refractivity contribution in [2.24, 2.45) is 5.73 Å². The van der Waals surface area contributed by atoms with E-state index in [-0.39, 0.29) is 0 Å². The predicted octanol–water partition coefficient (Wildman–Crippen LogP) is 2.91. The molecule has 0 spiro atoms. The number of benzene rings is 2. The third-order valence-electron chi connectivity index (χ3n) is 2.26. The van der Waals surface area contributed by atoms with Crippen molar-refractivity contribution in [2.75, 3.05) is 0 Å². The van der Waals surface area contributed by atoms with Gasteiger partial charge in [0.15, 0.2) is 0 Å². The Labute approximate surface area is 98.7 Å². The molecule has 79 valence electrons. The Balaban J connectivity index is 2.44. The van der Waals surface area contributed by atoms with Gasteiger partial charge in [0.25, 0.3) is 0 Å². The van der Waals surface area contributed by atoms with Crippen molar-refractivity contribution in [3.8, 4) is 11.1 Å². The summed E-state index contributed by atoms with van der Waals surface area (Å²) in [6.45, 7) is 0. The van der Waals surface area contributed by atoms with E-state index in [1.165, 1.54) is 0 Å². The molecule has 0 unspecified atom stereocenters. The van der Waals surface area contributed by atoms with Gasteiger partial charge in [-0.1, -0.05) is 29.8 Å². The van der Waals surface area contributed by atoms with E-state index in [4.69, 9.17) is 17.3 Å². The number of carbonyl (C=O) groups excluding carboxylic acids is 1. The van der Waals surface area contributed by atoms with Gasteiger partial charge in [0.05, 0.1) is 0 Å². The lowest BCUT2D eigenvalue weighted by Gasteiger charge is -2.03. The van der Waals surface area contributed by atoms with Gasteiger partial charge in [0.2, 0.25) is 5.91 Å². The Morgan fingerprint density at radius 2 is 2.00 bits per heavy atom. The monoisotopic (exact) mass is 230 g/mol. The van der Waals surface area contributed by atoms with Crippen molar-refractivity contribution in [2.45, 2.75) is 0 Å². The number of hydrogen-bond donors (Lipinski definition) is 1. The summed E-state index contributed by atoms with van der Waals surface area (Å²) >= 11 is 5.75. The lowest BCUT2D eigenvalue weighted by atomic mass is 10.0. The predicted molar refractivity (Wildman–Crippen MR) is 64.2 cm³/mol. The number of primary amides is 1. The largest absolute Gasteiger partial charge is 0.366 e. The lowest BCUT2D eigenvalue weighted by Crippen LogP contribution is -2.10. The van der Waals surface area contributed by atoms with Gasteiger partial charge < -0.3 is 5.73 Å². The van der Waals surface area contributed by atoms with Crippen LogP contribution in [0.2, 0.25) is 5.02 Å². The van der Waals surface area contributed by atoms with E-state index in [0.29, 0.717) is 10.6 Å². The van der Waals surface area contributed by atoms with Crippen LogP contribution in [0.25, 0.3) is 11.1 Å². The second-order valence-electron chi connectivity index (χ2n) is 3.37. The van der Waals surface area contributed by atoms with Crippen LogP contribution in [0.4, 0.5) is 0 Å². The van der Waals surface area contributed by atoms with Gasteiger partial charge in [0, 0.05) is 16.7 Å². The van der Waals surface area contributed by atoms with Crippen LogP contribution in [0.3, 0.4) is 0 Å². The molecule has 16 heavy (non-hydrogen) atoms. The highest BCUT2D eigenvalue weighted by atomic mass is 35.5. The van der Waals surface area contributed by atoms with Gasteiger partial charge in [-0.25, -0.2) is 0 Å². The zero-order valence-corrected chi connectivity index (χ0v) is 9.16. The number of carbonyl (C=O) groups is 1. The quantitative estimate of drug-likeness (QED) is 0.847. The first-order chi connectivity index (χ1) is 7.66. The van der Waals surface area contributed by atoms with Gasteiger partial charge in [-0.3, -0.25) is 4.79 Å². The standard InChI is InChI=1S/C13H9ClNO/c14-12-6-4-9(5-7-12)10-2-1-3-11(8-10)13(15)16/h1-6,8H,(H2,15,16). The van der Waals surface area contributed by atoms with Crippen molar-refractivity contribution in [1.29, 1.82) is 0 Å². The number of hydrogen-bond acceptors (Lipinski definition) is 1. The molecule has 0 heterocycles. The number of amides is 1. The fourth-order valence-corrected chi connectivity index (χ4v) is 1.55. The first kappa shape index (κ1) is 10.7. The molecule has 2 aromatic carbocycles. The highest BCUT2D eigenvalue weighted by Gasteiger charge is 2.02. The molecule has 3 heteroatoms. The third kappa shape index (κ3) is 2.23. The molecule has 2 aromatic rings. The van der Waals surface area contributed by atoms with Crippen molar-refractivity contribution in [1.82, 2.24) is 0 Å². The van der Waals surface area contributed by atoms with Crippen LogP contribution in [0, 0.1) is 6.07 Å². The Morgan fingerprint density at radius 3 is 2.62 bits per heavy atom. The zero-order chi connectivity index (χ0) is 11.5. The smallest absolute Gasteiger partial charge is 0.248 e. The minimum Gasteiger partial charge on any atom is -0.366 e. The molecule has 0 aliphatic carbocycles. The van der Waals surface area contributed by atoms with E-state index in [1.807, 2.05) is 12.1 Å². The number of halogens is 1. The molecule has 0 saturated carbocycles. The highest BCUT2D eigenvalue weighted by molar-refractivity contribution is 6.30. The summed E-state index contributed by atoms with van der Waals surface area (Å²) in [7, 11) is 0. The van der Waals surface area contributed by atoms with E-state index >= 15 is 0 Å². The van der Waals surface area contributed by atoms with Crippen LogP contribution in [0.5, 0.6) is 0 Å². The maximum atomic E-state index is 11.0. The second-order valence-corrected chi connectivity index (χ2v) is 3.78. The lowest BCUT2D eigenvalue weighted by molar-refractivity contribution is 0.100. The fourth-order valence-electron chi connectivity index (χ4n) is 1.44. The summed E-state index contributed by atoms with van der Waals surface area (Å²) < 4.78 is 0. The SMILES string of the molecule is NC(=O)c1cccc(-c2c[c]c(Cl)cc2)c1. The molecule has 2 N–H and O–H groups in total. The second kappa shape index (κ2) is 4.37. The Bertz CT molecular complexity index is 520. The average molecular weight is 231 g/mol. The van der Waals surface area contributed by atoms with Crippen molar-refractivity contribution >= 4 is 17.5 Å². The van der Waals surface area contributed by atoms with E-state index in [0.717, 1.165) is 11.1 Å². The summed E-state index contributed by atoms with van der Waals surface area (Å²) in [6.07, 6.45) is 0. The molecule has 0 aliphatic heterocycles. The molecular weight excluding hydrogens is 222 g/mol. The molecule has 0 bridgehead atoms. The minimum atomic E-state index is -0.431. The van der Waals surface area contributed by atoms with Crippen molar-refractivity contribution < 1.29 is 4.79 Å². The van der Waals surface area contributed by atoms with Gasteiger partial charge in [-0.15, -0.1) is 0 Å². The molecule has 0 atom stereocenters. The number of rotatable bonds is 2. The van der Waals surface area contributed by atoms with E-state index < -0.39 is 5.91 Å². The van der Waals surface area contributed by atoms with Crippen LogP contribution >= 0.6 is 11.6 Å². The van der Waals surface area contributed by atoms with Gasteiger partial charge in [0.1, 0.15) is 0 Å². The van der Waals surface area contributed by atoms with Gasteiger partial charge >= 0.3 is 0 Å². The first-order valence-electron chi connectivity index (χ1n) is 4.74. The summed E-state index contributed by atoms with van der Waals surface area (Å²) in [5, 5.41) is 0.565. The topological polar surface area (TPSA) is 43.1 Å². The first-order valence-corrected chi connectivity index (χ1v) is 5.12. The normalized spacial score (nSPS) is 10.1. The maximum absolute atomic E-state index is 11.0. The summed E-state index contributed by atoms with van der Waals surface area (Å²) in [6, 6.07) is 15.4. The molecule has 0 aromatic heterocycles. The van der Waals surface area contributed by atoms with Crippen molar-refractivity contribution in [3.05, 3.63) is 59.1 Å². The van der Waals surface area contributed by atoms with Crippen LogP contribution in [0.15, 0.2) is 42.5 Å². The number of nitrogens with two attached hydrogens (primary N) is 1. The molecule has 1 amide bonds. The molecule has 0 aliphatic rings. The van der Waals surface area contributed by atoms with E-state index in [9.17, 15) is 4.79 Å². The van der Waals surface area contributed by atoms with E-state index in [1.54, 1.807) is 30.3 Å².